The Bertz CT molecular complexity index is 485. The van der Waals surface area contributed by atoms with Gasteiger partial charge >= 0.3 is 6.09 Å². The van der Waals surface area contributed by atoms with Crippen molar-refractivity contribution in [3.8, 4) is 0 Å². The van der Waals surface area contributed by atoms with Crippen molar-refractivity contribution in [2.24, 2.45) is 0 Å². The summed E-state index contributed by atoms with van der Waals surface area (Å²) in [5, 5.41) is 3.70. The van der Waals surface area contributed by atoms with E-state index < -0.39 is 0 Å². The third kappa shape index (κ3) is 4.44. The maximum absolute atomic E-state index is 11.7. The highest BCUT2D eigenvalue weighted by molar-refractivity contribution is 5.67. The first-order chi connectivity index (χ1) is 10.6. The van der Waals surface area contributed by atoms with E-state index in [0.29, 0.717) is 12.6 Å². The summed E-state index contributed by atoms with van der Waals surface area (Å²) in [6.45, 7) is 8.06. The van der Waals surface area contributed by atoms with Gasteiger partial charge in [0.15, 0.2) is 0 Å². The average molecular weight is 305 g/mol. The van der Waals surface area contributed by atoms with Gasteiger partial charge in [0.1, 0.15) is 0 Å². The van der Waals surface area contributed by atoms with Gasteiger partial charge in [-0.3, -0.25) is 4.98 Å². The third-order valence-electron chi connectivity index (χ3n) is 4.16. The van der Waals surface area contributed by atoms with E-state index in [-0.39, 0.29) is 12.1 Å². The lowest BCUT2D eigenvalue weighted by atomic mass is 10.0. The Kier molecular flexibility index (Phi) is 6.19. The number of carbonyl (C=O) groups is 1. The molecule has 1 saturated heterocycles. The molecule has 1 aromatic rings. The number of nitrogens with zero attached hydrogens (tertiary/aromatic N) is 2. The van der Waals surface area contributed by atoms with Gasteiger partial charge in [-0.15, -0.1) is 0 Å². The van der Waals surface area contributed by atoms with Gasteiger partial charge in [0.05, 0.1) is 12.3 Å². The lowest BCUT2D eigenvalue weighted by Gasteiger charge is -2.33. The molecule has 122 valence electrons. The van der Waals surface area contributed by atoms with Crippen LogP contribution < -0.4 is 5.32 Å². The Morgan fingerprint density at radius 1 is 1.45 bits per heavy atom. The number of likely N-dealkylation sites (tertiary alicyclic amines) is 1. The van der Waals surface area contributed by atoms with Crippen molar-refractivity contribution >= 4 is 6.09 Å². The summed E-state index contributed by atoms with van der Waals surface area (Å²) in [6, 6.07) is 4.88. The fourth-order valence-electron chi connectivity index (χ4n) is 2.89. The van der Waals surface area contributed by atoms with Gasteiger partial charge in [-0.25, -0.2) is 4.79 Å². The van der Waals surface area contributed by atoms with E-state index in [2.05, 4.69) is 30.2 Å². The van der Waals surface area contributed by atoms with E-state index in [9.17, 15) is 4.79 Å². The van der Waals surface area contributed by atoms with Gasteiger partial charge in [-0.2, -0.15) is 0 Å². The van der Waals surface area contributed by atoms with Crippen LogP contribution in [0.1, 0.15) is 50.4 Å². The Balaban J connectivity index is 1.87. The van der Waals surface area contributed by atoms with Crippen LogP contribution in [-0.2, 0) is 4.74 Å². The third-order valence-corrected chi connectivity index (χ3v) is 4.16. The van der Waals surface area contributed by atoms with Gasteiger partial charge in [0, 0.05) is 31.4 Å². The van der Waals surface area contributed by atoms with Crippen LogP contribution in [0, 0.1) is 6.92 Å². The SMILES string of the molecule is CCOC(=O)N1CCC(N[C@@H](CC)c2cc(C)ccn2)CC1. The van der Waals surface area contributed by atoms with Gasteiger partial charge in [0.2, 0.25) is 0 Å². The Labute approximate surface area is 133 Å². The Hall–Kier alpha value is -1.62. The molecule has 0 unspecified atom stereocenters. The molecule has 0 radical (unpaired) electrons. The number of ether oxygens (including phenoxy) is 1. The second-order valence-electron chi connectivity index (χ2n) is 5.85. The second kappa shape index (κ2) is 8.13. The summed E-state index contributed by atoms with van der Waals surface area (Å²) >= 11 is 0. The van der Waals surface area contributed by atoms with Crippen LogP contribution in [0.25, 0.3) is 0 Å². The number of hydrogen-bond donors (Lipinski definition) is 1. The molecule has 1 aliphatic heterocycles. The van der Waals surface area contributed by atoms with Crippen molar-refractivity contribution in [1.82, 2.24) is 15.2 Å². The minimum absolute atomic E-state index is 0.187. The first-order valence-electron chi connectivity index (χ1n) is 8.24. The van der Waals surface area contributed by atoms with Crippen LogP contribution in [0.4, 0.5) is 4.79 Å². The monoisotopic (exact) mass is 305 g/mol. The van der Waals surface area contributed by atoms with Crippen LogP contribution in [0.5, 0.6) is 0 Å². The number of nitrogens with one attached hydrogen (secondary N) is 1. The van der Waals surface area contributed by atoms with E-state index >= 15 is 0 Å². The quantitative estimate of drug-likeness (QED) is 0.908. The molecule has 5 nitrogen and oxygen atoms in total. The smallest absolute Gasteiger partial charge is 0.409 e. The molecule has 2 heterocycles. The predicted octanol–water partition coefficient (Wildman–Crippen LogP) is 3.05. The molecular formula is C17H27N3O2. The normalized spacial score (nSPS) is 17.3. The summed E-state index contributed by atoms with van der Waals surface area (Å²) in [7, 11) is 0. The van der Waals surface area contributed by atoms with E-state index in [1.54, 1.807) is 4.90 Å². The molecule has 0 bridgehead atoms. The van der Waals surface area contributed by atoms with Crippen LogP contribution in [-0.4, -0.2) is 41.7 Å². The minimum atomic E-state index is -0.187. The summed E-state index contributed by atoms with van der Waals surface area (Å²) in [4.78, 5) is 18.0. The summed E-state index contributed by atoms with van der Waals surface area (Å²) in [5.41, 5.74) is 2.35. The zero-order valence-corrected chi connectivity index (χ0v) is 13.8. The van der Waals surface area contributed by atoms with Crippen LogP contribution in [0.2, 0.25) is 0 Å². The van der Waals surface area contributed by atoms with E-state index in [1.807, 2.05) is 19.2 Å². The average Bonchev–Trinajstić information content (AvgIpc) is 2.53. The highest BCUT2D eigenvalue weighted by Crippen LogP contribution is 2.20. The highest BCUT2D eigenvalue weighted by atomic mass is 16.6. The maximum Gasteiger partial charge on any atom is 0.409 e. The first kappa shape index (κ1) is 16.7. The lowest BCUT2D eigenvalue weighted by Crippen LogP contribution is -2.46. The van der Waals surface area contributed by atoms with Crippen LogP contribution >= 0.6 is 0 Å². The van der Waals surface area contributed by atoms with Gasteiger partial charge < -0.3 is 15.0 Å². The first-order valence-corrected chi connectivity index (χ1v) is 8.24. The molecule has 2 rings (SSSR count). The summed E-state index contributed by atoms with van der Waals surface area (Å²) in [6.07, 6.45) is 4.61. The molecular weight excluding hydrogens is 278 g/mol. The van der Waals surface area contributed by atoms with Gasteiger partial charge in [0.25, 0.3) is 0 Å². The topological polar surface area (TPSA) is 54.5 Å². The maximum atomic E-state index is 11.7. The number of aryl methyl sites for hydroxylation is 1. The number of piperidine rings is 1. The molecule has 0 aromatic carbocycles. The van der Waals surface area contributed by atoms with Crippen molar-refractivity contribution < 1.29 is 9.53 Å². The molecule has 0 spiro atoms. The van der Waals surface area contributed by atoms with Crippen molar-refractivity contribution in [2.45, 2.75) is 52.1 Å². The molecule has 0 aliphatic carbocycles. The zero-order chi connectivity index (χ0) is 15.9. The Morgan fingerprint density at radius 3 is 2.77 bits per heavy atom. The molecule has 22 heavy (non-hydrogen) atoms. The number of carbonyl (C=O) groups excluding carboxylic acids is 1. The fraction of sp³-hybridized carbons (Fsp3) is 0.647. The van der Waals surface area contributed by atoms with Gasteiger partial charge in [-0.05, 0) is 50.8 Å². The largest absolute Gasteiger partial charge is 0.450 e. The number of aromatic nitrogens is 1. The lowest BCUT2D eigenvalue weighted by molar-refractivity contribution is 0.0940. The molecule has 1 amide bonds. The van der Waals surface area contributed by atoms with E-state index in [0.717, 1.165) is 38.0 Å². The van der Waals surface area contributed by atoms with Crippen molar-refractivity contribution in [3.63, 3.8) is 0 Å². The molecule has 1 aromatic heterocycles. The zero-order valence-electron chi connectivity index (χ0n) is 13.8. The molecule has 5 heteroatoms. The minimum Gasteiger partial charge on any atom is -0.450 e. The molecule has 1 aliphatic rings. The summed E-state index contributed by atoms with van der Waals surface area (Å²) in [5.74, 6) is 0. The van der Waals surface area contributed by atoms with E-state index in [1.165, 1.54) is 5.56 Å². The fourth-order valence-corrected chi connectivity index (χ4v) is 2.89. The van der Waals surface area contributed by atoms with Crippen molar-refractivity contribution in [1.29, 1.82) is 0 Å². The summed E-state index contributed by atoms with van der Waals surface area (Å²) < 4.78 is 5.06. The van der Waals surface area contributed by atoms with Crippen LogP contribution in [0.15, 0.2) is 18.3 Å². The van der Waals surface area contributed by atoms with Gasteiger partial charge in [-0.1, -0.05) is 6.92 Å². The number of pyridine rings is 1. The molecule has 0 saturated carbocycles. The standard InChI is InChI=1S/C17H27N3O2/c1-4-15(16-12-13(3)6-9-18-16)19-14-7-10-20(11-8-14)17(21)22-5-2/h6,9,12,14-15,19H,4-5,7-8,10-11H2,1-3H3/t15-/m0/s1. The number of amides is 1. The molecule has 1 N–H and O–H groups in total. The predicted molar refractivity (Wildman–Crippen MR) is 86.8 cm³/mol. The van der Waals surface area contributed by atoms with Crippen molar-refractivity contribution in [3.05, 3.63) is 29.6 Å². The second-order valence-corrected chi connectivity index (χ2v) is 5.85. The number of hydrogen-bond acceptors (Lipinski definition) is 4. The van der Waals surface area contributed by atoms with E-state index in [4.69, 9.17) is 4.74 Å². The highest BCUT2D eigenvalue weighted by Gasteiger charge is 2.25. The van der Waals surface area contributed by atoms with Crippen molar-refractivity contribution in [2.75, 3.05) is 19.7 Å². The molecule has 1 atom stereocenters. The van der Waals surface area contributed by atoms with Crippen LogP contribution in [0.3, 0.4) is 0 Å². The molecule has 1 fully saturated rings. The Morgan fingerprint density at radius 2 is 2.18 bits per heavy atom. The number of rotatable bonds is 5.